The number of carbonyl (C=O) groups excluding carboxylic acids is 1. The summed E-state index contributed by atoms with van der Waals surface area (Å²) in [6.07, 6.45) is 1.86. The molecule has 0 unspecified atom stereocenters. The maximum absolute atomic E-state index is 11.8. The molecule has 0 aromatic heterocycles. The highest BCUT2D eigenvalue weighted by Gasteiger charge is 2.46. The van der Waals surface area contributed by atoms with Crippen LogP contribution in [-0.4, -0.2) is 48.2 Å². The van der Waals surface area contributed by atoms with E-state index in [-0.39, 0.29) is 11.7 Å². The number of hydrogen-bond donors (Lipinski definition) is 0. The van der Waals surface area contributed by atoms with E-state index in [1.54, 1.807) is 4.90 Å². The molecule has 2 aliphatic rings. The minimum absolute atomic E-state index is 0.183. The first kappa shape index (κ1) is 15.5. The molecule has 24 heavy (non-hydrogen) atoms. The van der Waals surface area contributed by atoms with E-state index in [0.29, 0.717) is 6.54 Å². The summed E-state index contributed by atoms with van der Waals surface area (Å²) in [5, 5.41) is 2.66. The minimum atomic E-state index is -0.315. The highest BCUT2D eigenvalue weighted by atomic mass is 16.6. The van der Waals surface area contributed by atoms with Crippen LogP contribution in [0.25, 0.3) is 10.8 Å². The van der Waals surface area contributed by atoms with Crippen molar-refractivity contribution >= 4 is 16.9 Å². The van der Waals surface area contributed by atoms with Gasteiger partial charge >= 0.3 is 6.09 Å². The smallest absolute Gasteiger partial charge is 0.410 e. The first-order chi connectivity index (χ1) is 11.6. The van der Waals surface area contributed by atoms with Crippen LogP contribution in [0.2, 0.25) is 0 Å². The van der Waals surface area contributed by atoms with E-state index in [1.807, 2.05) is 7.05 Å². The summed E-state index contributed by atoms with van der Waals surface area (Å²) < 4.78 is 5.72. The van der Waals surface area contributed by atoms with Gasteiger partial charge in [-0.3, -0.25) is 4.90 Å². The maximum atomic E-state index is 11.8. The molecule has 1 amide bonds. The van der Waals surface area contributed by atoms with Gasteiger partial charge in [-0.25, -0.2) is 4.79 Å². The number of ether oxygens (including phenoxy) is 1. The number of piperidine rings is 1. The van der Waals surface area contributed by atoms with Crippen molar-refractivity contribution in [1.29, 1.82) is 0 Å². The van der Waals surface area contributed by atoms with Gasteiger partial charge in [0, 0.05) is 20.1 Å². The van der Waals surface area contributed by atoms with Crippen LogP contribution in [0, 0.1) is 6.92 Å². The number of carbonyl (C=O) groups is 1. The Morgan fingerprint density at radius 2 is 1.92 bits per heavy atom. The molecule has 2 aromatic rings. The Morgan fingerprint density at radius 3 is 2.71 bits per heavy atom. The van der Waals surface area contributed by atoms with Gasteiger partial charge in [0.2, 0.25) is 0 Å². The second-order valence-corrected chi connectivity index (χ2v) is 7.31. The maximum Gasteiger partial charge on any atom is 0.410 e. The topological polar surface area (TPSA) is 32.8 Å². The monoisotopic (exact) mass is 324 g/mol. The molecule has 2 aromatic carbocycles. The Bertz CT molecular complexity index is 788. The molecule has 4 heteroatoms. The molecule has 2 heterocycles. The van der Waals surface area contributed by atoms with Crippen molar-refractivity contribution in [3.05, 3.63) is 47.5 Å². The summed E-state index contributed by atoms with van der Waals surface area (Å²) in [4.78, 5) is 15.9. The summed E-state index contributed by atoms with van der Waals surface area (Å²) in [5.41, 5.74) is 2.35. The summed E-state index contributed by atoms with van der Waals surface area (Å²) in [6, 6.07) is 13.1. The van der Waals surface area contributed by atoms with Gasteiger partial charge in [-0.2, -0.15) is 0 Å². The predicted octanol–water partition coefficient (Wildman–Crippen LogP) is 3.56. The summed E-state index contributed by atoms with van der Waals surface area (Å²) in [5.74, 6) is 0. The molecular formula is C20H24N2O2. The van der Waals surface area contributed by atoms with Crippen molar-refractivity contribution in [3.8, 4) is 0 Å². The summed E-state index contributed by atoms with van der Waals surface area (Å²) in [7, 11) is 1.82. The standard InChI is InChI=1S/C20H24N2O2/c1-15-6-3-9-18-16(7-4-8-17(15)18)12-22-11-5-10-20(14-22)13-21(2)19(23)24-20/h3-4,6-9H,5,10-14H2,1-2H3/t20-/m1/s1. The van der Waals surface area contributed by atoms with Crippen molar-refractivity contribution in [2.45, 2.75) is 31.9 Å². The lowest BCUT2D eigenvalue weighted by molar-refractivity contribution is -0.0112. The first-order valence-corrected chi connectivity index (χ1v) is 8.70. The van der Waals surface area contributed by atoms with Crippen LogP contribution >= 0.6 is 0 Å². The summed E-state index contributed by atoms with van der Waals surface area (Å²) in [6.45, 7) is 5.66. The molecule has 4 nitrogen and oxygen atoms in total. The molecule has 0 N–H and O–H groups in total. The Balaban J connectivity index is 1.58. The lowest BCUT2D eigenvalue weighted by atomic mass is 9.92. The van der Waals surface area contributed by atoms with Gasteiger partial charge in [-0.1, -0.05) is 36.4 Å². The average Bonchev–Trinajstić information content (AvgIpc) is 2.82. The molecule has 4 rings (SSSR count). The molecule has 0 aliphatic carbocycles. The van der Waals surface area contributed by atoms with E-state index >= 15 is 0 Å². The molecule has 0 bridgehead atoms. The highest BCUT2D eigenvalue weighted by molar-refractivity contribution is 5.88. The van der Waals surface area contributed by atoms with Crippen LogP contribution in [-0.2, 0) is 11.3 Å². The Labute approximate surface area is 143 Å². The van der Waals surface area contributed by atoms with Crippen molar-refractivity contribution in [2.75, 3.05) is 26.7 Å². The number of nitrogens with zero attached hydrogens (tertiary/aromatic N) is 2. The second-order valence-electron chi connectivity index (χ2n) is 7.31. The molecule has 2 saturated heterocycles. The van der Waals surface area contributed by atoms with Crippen LogP contribution in [0.4, 0.5) is 4.79 Å². The fourth-order valence-corrected chi connectivity index (χ4v) is 4.24. The number of rotatable bonds is 2. The van der Waals surface area contributed by atoms with E-state index < -0.39 is 0 Å². The normalized spacial score (nSPS) is 24.8. The Morgan fingerprint density at radius 1 is 1.12 bits per heavy atom. The fraction of sp³-hybridized carbons (Fsp3) is 0.450. The van der Waals surface area contributed by atoms with Crippen molar-refractivity contribution in [1.82, 2.24) is 9.80 Å². The van der Waals surface area contributed by atoms with E-state index in [1.165, 1.54) is 21.9 Å². The zero-order valence-electron chi connectivity index (χ0n) is 14.4. The van der Waals surface area contributed by atoms with Crippen LogP contribution in [0.5, 0.6) is 0 Å². The molecular weight excluding hydrogens is 300 g/mol. The highest BCUT2D eigenvalue weighted by Crippen LogP contribution is 2.32. The van der Waals surface area contributed by atoms with Gasteiger partial charge in [0.1, 0.15) is 5.60 Å². The van der Waals surface area contributed by atoms with Gasteiger partial charge < -0.3 is 9.64 Å². The number of likely N-dealkylation sites (tertiary alicyclic amines) is 1. The van der Waals surface area contributed by atoms with Gasteiger partial charge in [0.25, 0.3) is 0 Å². The SMILES string of the molecule is Cc1cccc2c(CN3CCC[C@]4(C3)CN(C)C(=O)O4)cccc12. The van der Waals surface area contributed by atoms with Gasteiger partial charge in [0.05, 0.1) is 6.54 Å². The van der Waals surface area contributed by atoms with E-state index in [0.717, 1.165) is 32.5 Å². The lowest BCUT2D eigenvalue weighted by Crippen LogP contribution is -2.50. The number of amides is 1. The number of fused-ring (bicyclic) bond motifs is 1. The zero-order valence-corrected chi connectivity index (χ0v) is 14.4. The van der Waals surface area contributed by atoms with Crippen molar-refractivity contribution in [3.63, 3.8) is 0 Å². The largest absolute Gasteiger partial charge is 0.440 e. The second kappa shape index (κ2) is 5.78. The minimum Gasteiger partial charge on any atom is -0.440 e. The van der Waals surface area contributed by atoms with Crippen molar-refractivity contribution < 1.29 is 9.53 Å². The predicted molar refractivity (Wildman–Crippen MR) is 95.0 cm³/mol. The Kier molecular flexibility index (Phi) is 3.72. The van der Waals surface area contributed by atoms with E-state index in [2.05, 4.69) is 48.2 Å². The van der Waals surface area contributed by atoms with Gasteiger partial charge in [-0.05, 0) is 48.2 Å². The van der Waals surface area contributed by atoms with Gasteiger partial charge in [0.15, 0.2) is 0 Å². The molecule has 126 valence electrons. The van der Waals surface area contributed by atoms with Crippen LogP contribution < -0.4 is 0 Å². The molecule has 2 aliphatic heterocycles. The third-order valence-corrected chi connectivity index (χ3v) is 5.38. The third-order valence-electron chi connectivity index (χ3n) is 5.38. The zero-order chi connectivity index (χ0) is 16.7. The average molecular weight is 324 g/mol. The molecule has 1 spiro atoms. The Hall–Kier alpha value is -2.07. The number of benzene rings is 2. The molecule has 0 radical (unpaired) electrons. The van der Waals surface area contributed by atoms with E-state index in [4.69, 9.17) is 4.74 Å². The number of hydrogen-bond acceptors (Lipinski definition) is 3. The lowest BCUT2D eigenvalue weighted by Gasteiger charge is -2.38. The van der Waals surface area contributed by atoms with Crippen molar-refractivity contribution in [2.24, 2.45) is 0 Å². The van der Waals surface area contributed by atoms with E-state index in [9.17, 15) is 4.79 Å². The quantitative estimate of drug-likeness (QED) is 0.847. The van der Waals surface area contributed by atoms with Crippen LogP contribution in [0.3, 0.4) is 0 Å². The van der Waals surface area contributed by atoms with Crippen LogP contribution in [0.15, 0.2) is 36.4 Å². The first-order valence-electron chi connectivity index (χ1n) is 8.70. The molecule has 0 saturated carbocycles. The number of likely N-dealkylation sites (N-methyl/N-ethyl adjacent to an activating group) is 1. The summed E-state index contributed by atoms with van der Waals surface area (Å²) >= 11 is 0. The molecule has 2 fully saturated rings. The van der Waals surface area contributed by atoms with Crippen LogP contribution in [0.1, 0.15) is 24.0 Å². The third kappa shape index (κ3) is 2.65. The molecule has 1 atom stereocenters. The fourth-order valence-electron chi connectivity index (χ4n) is 4.24. The van der Waals surface area contributed by atoms with Gasteiger partial charge in [-0.15, -0.1) is 0 Å². The number of aryl methyl sites for hydroxylation is 1.